The van der Waals surface area contributed by atoms with E-state index in [0.29, 0.717) is 12.3 Å². The Balaban J connectivity index is 1.46. The second-order valence-corrected chi connectivity index (χ2v) is 7.73. The molecule has 2 N–H and O–H groups in total. The number of ether oxygens (including phenoxy) is 4. The van der Waals surface area contributed by atoms with Gasteiger partial charge in [-0.3, -0.25) is 0 Å². The first-order valence-electron chi connectivity index (χ1n) is 9.70. The zero-order valence-electron chi connectivity index (χ0n) is 16.7. The molecule has 0 aliphatic carbocycles. The summed E-state index contributed by atoms with van der Waals surface area (Å²) >= 11 is 6.26. The van der Waals surface area contributed by atoms with Crippen molar-refractivity contribution < 1.29 is 33.2 Å². The first kappa shape index (κ1) is 20.9. The van der Waals surface area contributed by atoms with Crippen molar-refractivity contribution in [1.29, 1.82) is 0 Å². The van der Waals surface area contributed by atoms with Crippen LogP contribution in [0.5, 0.6) is 5.75 Å². The lowest BCUT2D eigenvalue weighted by Crippen LogP contribution is -2.35. The molecule has 3 aromatic rings. The Morgan fingerprint density at radius 2 is 2.06 bits per heavy atom. The van der Waals surface area contributed by atoms with Crippen molar-refractivity contribution in [2.24, 2.45) is 0 Å². The van der Waals surface area contributed by atoms with Crippen molar-refractivity contribution >= 4 is 34.6 Å². The number of hydrogen-bond donors (Lipinski definition) is 2. The zero-order chi connectivity index (χ0) is 22.4. The van der Waals surface area contributed by atoms with Gasteiger partial charge in [0.1, 0.15) is 41.7 Å². The highest BCUT2D eigenvalue weighted by atomic mass is 35.5. The number of aromatic nitrogens is 3. The lowest BCUT2D eigenvalue weighted by molar-refractivity contribution is -0.0138. The average Bonchev–Trinajstić information content (AvgIpc) is 3.45. The van der Waals surface area contributed by atoms with Gasteiger partial charge in [-0.15, -0.1) is 0 Å². The number of benzene rings is 1. The number of aromatic carboxylic acids is 1. The van der Waals surface area contributed by atoms with E-state index in [2.05, 4.69) is 15.4 Å². The van der Waals surface area contributed by atoms with E-state index in [1.54, 1.807) is 7.11 Å². The first-order chi connectivity index (χ1) is 15.5. The molecule has 32 heavy (non-hydrogen) atoms. The Morgan fingerprint density at radius 1 is 1.31 bits per heavy atom. The van der Waals surface area contributed by atoms with Crippen LogP contribution in [0.15, 0.2) is 30.7 Å². The van der Waals surface area contributed by atoms with E-state index in [0.717, 1.165) is 0 Å². The number of carboxylic acid groups (broad SMARTS) is 1. The number of rotatable bonds is 6. The van der Waals surface area contributed by atoms with Gasteiger partial charge in [-0.2, -0.15) is 5.10 Å². The summed E-state index contributed by atoms with van der Waals surface area (Å²) in [4.78, 5) is 15.6. The molecule has 168 valence electrons. The SMILES string of the molecule is CO[C@@H]1CO[C@H]2[C@@H]1OC[C@H]2Oc1cc(F)ccc1Nc1ncnn2cc(C(=O)O)c(Cl)c12. The van der Waals surface area contributed by atoms with Crippen molar-refractivity contribution in [1.82, 2.24) is 14.6 Å². The number of halogens is 2. The maximum Gasteiger partial charge on any atom is 0.338 e. The molecule has 4 heterocycles. The quantitative estimate of drug-likeness (QED) is 0.567. The Morgan fingerprint density at radius 3 is 2.81 bits per heavy atom. The van der Waals surface area contributed by atoms with Crippen LogP contribution in [0.3, 0.4) is 0 Å². The van der Waals surface area contributed by atoms with E-state index >= 15 is 0 Å². The Labute approximate surface area is 185 Å². The van der Waals surface area contributed by atoms with E-state index in [9.17, 15) is 14.3 Å². The third kappa shape index (κ3) is 3.52. The van der Waals surface area contributed by atoms with Gasteiger partial charge in [0.25, 0.3) is 0 Å². The summed E-state index contributed by atoms with van der Waals surface area (Å²) in [6, 6.07) is 3.98. The summed E-state index contributed by atoms with van der Waals surface area (Å²) in [6.45, 7) is 0.646. The maximum atomic E-state index is 14.0. The number of methoxy groups -OCH3 is 1. The summed E-state index contributed by atoms with van der Waals surface area (Å²) < 4.78 is 38.3. The number of fused-ring (bicyclic) bond motifs is 2. The molecule has 2 fully saturated rings. The Hall–Kier alpha value is -2.99. The summed E-state index contributed by atoms with van der Waals surface area (Å²) in [6.07, 6.45) is 1.27. The second-order valence-electron chi connectivity index (χ2n) is 7.36. The fourth-order valence-corrected chi connectivity index (χ4v) is 4.24. The van der Waals surface area contributed by atoms with E-state index in [1.165, 1.54) is 35.2 Å². The van der Waals surface area contributed by atoms with E-state index in [4.69, 9.17) is 30.5 Å². The van der Waals surface area contributed by atoms with E-state index in [1.807, 2.05) is 0 Å². The maximum absolute atomic E-state index is 14.0. The molecule has 0 saturated carbocycles. The molecule has 0 amide bonds. The molecule has 10 nitrogen and oxygen atoms in total. The van der Waals surface area contributed by atoms with Crippen LogP contribution in [0.1, 0.15) is 10.4 Å². The number of hydrogen-bond acceptors (Lipinski definition) is 8. The molecule has 1 aromatic carbocycles. The van der Waals surface area contributed by atoms with Gasteiger partial charge in [0.2, 0.25) is 0 Å². The first-order valence-corrected chi connectivity index (χ1v) is 10.1. The number of nitrogens with one attached hydrogen (secondary N) is 1. The lowest BCUT2D eigenvalue weighted by atomic mass is 10.1. The Kier molecular flexibility index (Phi) is 5.33. The van der Waals surface area contributed by atoms with Crippen molar-refractivity contribution in [3.05, 3.63) is 47.1 Å². The topological polar surface area (TPSA) is 116 Å². The zero-order valence-corrected chi connectivity index (χ0v) is 17.5. The van der Waals surface area contributed by atoms with E-state index in [-0.39, 0.29) is 52.6 Å². The van der Waals surface area contributed by atoms with Crippen LogP contribution in [-0.4, -0.2) is 70.4 Å². The van der Waals surface area contributed by atoms with Crippen molar-refractivity contribution in [2.45, 2.75) is 24.4 Å². The van der Waals surface area contributed by atoms with Gasteiger partial charge in [0, 0.05) is 19.4 Å². The Bertz CT molecular complexity index is 1190. The molecule has 2 aromatic heterocycles. The van der Waals surface area contributed by atoms with Crippen LogP contribution in [0.25, 0.3) is 5.52 Å². The van der Waals surface area contributed by atoms with E-state index < -0.39 is 17.9 Å². The van der Waals surface area contributed by atoms with Gasteiger partial charge in [0.15, 0.2) is 11.9 Å². The number of nitrogens with zero attached hydrogens (tertiary/aromatic N) is 3. The van der Waals surface area contributed by atoms with Gasteiger partial charge in [-0.05, 0) is 12.1 Å². The highest BCUT2D eigenvalue weighted by molar-refractivity contribution is 6.37. The largest absolute Gasteiger partial charge is 0.483 e. The van der Waals surface area contributed by atoms with Gasteiger partial charge in [-0.25, -0.2) is 18.7 Å². The van der Waals surface area contributed by atoms with Crippen LogP contribution in [0, 0.1) is 5.82 Å². The van der Waals surface area contributed by atoms with Gasteiger partial charge < -0.3 is 29.4 Å². The minimum absolute atomic E-state index is 0.0258. The average molecular weight is 465 g/mol. The van der Waals surface area contributed by atoms with Gasteiger partial charge >= 0.3 is 5.97 Å². The lowest BCUT2D eigenvalue weighted by Gasteiger charge is -2.20. The van der Waals surface area contributed by atoms with Crippen LogP contribution >= 0.6 is 11.6 Å². The predicted molar refractivity (Wildman–Crippen MR) is 109 cm³/mol. The van der Waals surface area contributed by atoms with Crippen LogP contribution < -0.4 is 10.1 Å². The van der Waals surface area contributed by atoms with Crippen LogP contribution in [0.2, 0.25) is 5.02 Å². The highest BCUT2D eigenvalue weighted by Crippen LogP contribution is 2.36. The molecule has 2 aliphatic heterocycles. The molecule has 2 saturated heterocycles. The van der Waals surface area contributed by atoms with Crippen molar-refractivity contribution in [3.8, 4) is 5.75 Å². The van der Waals surface area contributed by atoms with Crippen LogP contribution in [-0.2, 0) is 14.2 Å². The number of carbonyl (C=O) groups is 1. The normalized spacial score (nSPS) is 24.6. The summed E-state index contributed by atoms with van der Waals surface area (Å²) in [5, 5.41) is 16.3. The molecule has 5 rings (SSSR count). The standard InChI is InChI=1S/C20H18ClFN4O6/c1-29-13-6-30-18-14(7-31-17(13)18)32-12-4-9(22)2-3-11(12)25-19-16-15(21)10(20(27)28)5-26(16)24-8-23-19/h2-5,8,13-14,17-18H,6-7H2,1H3,(H,27,28)(H,23,24,25)/t13-,14-,17-,18-/m1/s1. The number of anilines is 2. The fourth-order valence-electron chi connectivity index (χ4n) is 3.94. The summed E-state index contributed by atoms with van der Waals surface area (Å²) in [5.74, 6) is -1.25. The van der Waals surface area contributed by atoms with Crippen molar-refractivity contribution in [3.63, 3.8) is 0 Å². The predicted octanol–water partition coefficient (Wildman–Crippen LogP) is 2.52. The molecular formula is C20H18ClFN4O6. The second kappa shape index (κ2) is 8.17. The van der Waals surface area contributed by atoms with Crippen molar-refractivity contribution in [2.75, 3.05) is 25.6 Å². The highest BCUT2D eigenvalue weighted by Gasteiger charge is 2.49. The monoisotopic (exact) mass is 464 g/mol. The molecule has 4 atom stereocenters. The fraction of sp³-hybridized carbons (Fsp3) is 0.350. The minimum atomic E-state index is -1.20. The molecule has 2 aliphatic rings. The van der Waals surface area contributed by atoms with Gasteiger partial charge in [0.05, 0.1) is 29.5 Å². The third-order valence-corrected chi connectivity index (χ3v) is 5.87. The molecule has 12 heteroatoms. The van der Waals surface area contributed by atoms with Gasteiger partial charge in [-0.1, -0.05) is 11.6 Å². The molecular weight excluding hydrogens is 447 g/mol. The molecule has 0 spiro atoms. The van der Waals surface area contributed by atoms with Crippen LogP contribution in [0.4, 0.5) is 15.9 Å². The summed E-state index contributed by atoms with van der Waals surface area (Å²) in [7, 11) is 1.59. The summed E-state index contributed by atoms with van der Waals surface area (Å²) in [5.41, 5.74) is 0.532. The molecule has 0 unspecified atom stereocenters. The minimum Gasteiger partial charge on any atom is -0.483 e. The smallest absolute Gasteiger partial charge is 0.338 e. The molecule has 0 bridgehead atoms. The molecule has 0 radical (unpaired) electrons. The third-order valence-electron chi connectivity index (χ3n) is 5.48. The number of carboxylic acids is 1.